The Morgan fingerprint density at radius 1 is 1.19 bits per heavy atom. The lowest BCUT2D eigenvalue weighted by molar-refractivity contribution is -0.140. The number of tetrazole rings is 1. The minimum absolute atomic E-state index is 0.188. The molecule has 1 aliphatic rings. The number of carbonyl (C=O) groups excluding carboxylic acids is 1. The van der Waals surface area contributed by atoms with Crippen molar-refractivity contribution in [1.82, 2.24) is 25.2 Å². The molecule has 8 nitrogen and oxygen atoms in total. The third-order valence-corrected chi connectivity index (χ3v) is 4.11. The average Bonchev–Trinajstić information content (AvgIpc) is 3.14. The highest BCUT2D eigenvalue weighted by Gasteiger charge is 2.35. The smallest absolute Gasteiger partial charge is 0.338 e. The Bertz CT molecular complexity index is 952. The van der Waals surface area contributed by atoms with E-state index < -0.39 is 12.0 Å². The summed E-state index contributed by atoms with van der Waals surface area (Å²) in [5.41, 5.74) is 2.65. The first-order valence-corrected chi connectivity index (χ1v) is 8.11. The third-order valence-electron chi connectivity index (χ3n) is 4.11. The number of rotatable bonds is 4. The third kappa shape index (κ3) is 2.92. The summed E-state index contributed by atoms with van der Waals surface area (Å²) in [6.07, 6.45) is 1.67. The van der Waals surface area contributed by atoms with Gasteiger partial charge in [-0.1, -0.05) is 41.5 Å². The number of esters is 1. The second kappa shape index (κ2) is 6.75. The summed E-state index contributed by atoms with van der Waals surface area (Å²) in [6.45, 7) is 1.99. The van der Waals surface area contributed by atoms with Crippen LogP contribution in [0.4, 0.5) is 5.95 Å². The number of carbonyl (C=O) groups is 1. The van der Waals surface area contributed by atoms with E-state index in [1.807, 2.05) is 48.5 Å². The molecule has 130 valence electrons. The number of aromatic nitrogens is 5. The molecule has 0 amide bonds. The van der Waals surface area contributed by atoms with Gasteiger partial charge in [-0.3, -0.25) is 4.98 Å². The fourth-order valence-electron chi connectivity index (χ4n) is 2.89. The molecule has 0 radical (unpaired) electrons. The number of hydrogen-bond acceptors (Lipinski definition) is 7. The lowest BCUT2D eigenvalue weighted by Gasteiger charge is -2.26. The standard InChI is InChI=1S/C18H16N6O2/c1-12-15(17(25)26-11-13-7-3-2-4-8-13)16(14-9-5-6-10-19-14)24-18(20-12)21-22-23-24/h2-10,16H,11H2,1H3,(H,20,21,23)/t16-/m0/s1. The van der Waals surface area contributed by atoms with Gasteiger partial charge in [0, 0.05) is 11.9 Å². The van der Waals surface area contributed by atoms with Crippen molar-refractivity contribution in [2.24, 2.45) is 0 Å². The highest BCUT2D eigenvalue weighted by molar-refractivity contribution is 5.92. The minimum Gasteiger partial charge on any atom is -0.457 e. The Labute approximate surface area is 149 Å². The maximum absolute atomic E-state index is 12.9. The van der Waals surface area contributed by atoms with Gasteiger partial charge in [-0.2, -0.15) is 4.68 Å². The van der Waals surface area contributed by atoms with Gasteiger partial charge in [0.1, 0.15) is 12.6 Å². The van der Waals surface area contributed by atoms with Gasteiger partial charge >= 0.3 is 5.97 Å². The lowest BCUT2D eigenvalue weighted by Crippen LogP contribution is -2.30. The van der Waals surface area contributed by atoms with E-state index in [-0.39, 0.29) is 6.61 Å². The maximum atomic E-state index is 12.9. The molecule has 3 aromatic rings. The molecule has 0 bridgehead atoms. The van der Waals surface area contributed by atoms with Crippen molar-refractivity contribution in [1.29, 1.82) is 0 Å². The van der Waals surface area contributed by atoms with E-state index in [2.05, 4.69) is 25.8 Å². The molecule has 0 aliphatic carbocycles. The van der Waals surface area contributed by atoms with Crippen LogP contribution >= 0.6 is 0 Å². The fraction of sp³-hybridized carbons (Fsp3) is 0.167. The quantitative estimate of drug-likeness (QED) is 0.721. The Morgan fingerprint density at radius 2 is 2.00 bits per heavy atom. The maximum Gasteiger partial charge on any atom is 0.338 e. The van der Waals surface area contributed by atoms with Crippen LogP contribution in [0.3, 0.4) is 0 Å². The molecule has 3 heterocycles. The summed E-state index contributed by atoms with van der Waals surface area (Å²) in [6, 6.07) is 14.5. The van der Waals surface area contributed by atoms with Crippen molar-refractivity contribution in [3.63, 3.8) is 0 Å². The molecule has 0 fully saturated rings. The van der Waals surface area contributed by atoms with E-state index in [0.717, 1.165) is 5.56 Å². The van der Waals surface area contributed by atoms with E-state index in [9.17, 15) is 4.79 Å². The number of hydrogen-bond donors (Lipinski definition) is 1. The fourth-order valence-corrected chi connectivity index (χ4v) is 2.89. The number of pyridine rings is 1. The van der Waals surface area contributed by atoms with Crippen molar-refractivity contribution in [2.75, 3.05) is 5.32 Å². The summed E-state index contributed by atoms with van der Waals surface area (Å²) in [5.74, 6) is 0.0217. The summed E-state index contributed by atoms with van der Waals surface area (Å²) < 4.78 is 7.07. The van der Waals surface area contributed by atoms with Crippen molar-refractivity contribution in [3.05, 3.63) is 77.3 Å². The number of anilines is 1. The number of ether oxygens (including phenoxy) is 1. The highest BCUT2D eigenvalue weighted by atomic mass is 16.5. The molecule has 26 heavy (non-hydrogen) atoms. The highest BCUT2D eigenvalue weighted by Crippen LogP contribution is 2.33. The summed E-state index contributed by atoms with van der Waals surface area (Å²) >= 11 is 0. The summed E-state index contributed by atoms with van der Waals surface area (Å²) in [4.78, 5) is 17.2. The second-order valence-electron chi connectivity index (χ2n) is 5.83. The summed E-state index contributed by atoms with van der Waals surface area (Å²) in [5, 5.41) is 14.7. The topological polar surface area (TPSA) is 94.8 Å². The van der Waals surface area contributed by atoms with Crippen LogP contribution in [-0.2, 0) is 16.1 Å². The second-order valence-corrected chi connectivity index (χ2v) is 5.83. The zero-order chi connectivity index (χ0) is 17.9. The first-order chi connectivity index (χ1) is 12.7. The number of allylic oxidation sites excluding steroid dienone is 1. The molecular formula is C18H16N6O2. The molecular weight excluding hydrogens is 332 g/mol. The van der Waals surface area contributed by atoms with Gasteiger partial charge in [0.25, 0.3) is 0 Å². The van der Waals surface area contributed by atoms with Crippen molar-refractivity contribution in [3.8, 4) is 0 Å². The van der Waals surface area contributed by atoms with Crippen LogP contribution in [0.5, 0.6) is 0 Å². The molecule has 1 aromatic carbocycles. The van der Waals surface area contributed by atoms with Gasteiger partial charge in [0.2, 0.25) is 5.95 Å². The van der Waals surface area contributed by atoms with Crippen LogP contribution in [0.25, 0.3) is 0 Å². The largest absolute Gasteiger partial charge is 0.457 e. The Kier molecular flexibility index (Phi) is 4.14. The number of nitrogens with zero attached hydrogens (tertiary/aromatic N) is 5. The zero-order valence-corrected chi connectivity index (χ0v) is 14.0. The molecule has 0 saturated carbocycles. The normalized spacial score (nSPS) is 16.0. The molecule has 0 saturated heterocycles. The lowest BCUT2D eigenvalue weighted by atomic mass is 10.00. The SMILES string of the molecule is CC1=C(C(=O)OCc2ccccc2)[C@H](c2ccccn2)n2nnnc2N1. The van der Waals surface area contributed by atoms with E-state index in [1.54, 1.807) is 13.1 Å². The first-order valence-electron chi connectivity index (χ1n) is 8.11. The van der Waals surface area contributed by atoms with E-state index in [1.165, 1.54) is 4.68 Å². The molecule has 0 spiro atoms. The van der Waals surface area contributed by atoms with Crippen LogP contribution in [0.2, 0.25) is 0 Å². The van der Waals surface area contributed by atoms with Gasteiger partial charge in [0.05, 0.1) is 11.3 Å². The molecule has 8 heteroatoms. The zero-order valence-electron chi connectivity index (χ0n) is 14.0. The van der Waals surface area contributed by atoms with Crippen LogP contribution in [0.15, 0.2) is 66.0 Å². The summed E-state index contributed by atoms with van der Waals surface area (Å²) in [7, 11) is 0. The van der Waals surface area contributed by atoms with Crippen LogP contribution in [0.1, 0.15) is 24.2 Å². The van der Waals surface area contributed by atoms with Gasteiger partial charge in [-0.15, -0.1) is 0 Å². The molecule has 0 unspecified atom stereocenters. The van der Waals surface area contributed by atoms with Gasteiger partial charge in [-0.05, 0) is 35.0 Å². The predicted octanol–water partition coefficient (Wildman–Crippen LogP) is 2.10. The molecule has 1 atom stereocenters. The first kappa shape index (κ1) is 15.9. The number of fused-ring (bicyclic) bond motifs is 1. The minimum atomic E-state index is -0.550. The number of benzene rings is 1. The molecule has 1 N–H and O–H groups in total. The Hall–Kier alpha value is -3.55. The van der Waals surface area contributed by atoms with Crippen LogP contribution < -0.4 is 5.32 Å². The van der Waals surface area contributed by atoms with Gasteiger partial charge in [-0.25, -0.2) is 4.79 Å². The van der Waals surface area contributed by atoms with Crippen molar-refractivity contribution >= 4 is 11.9 Å². The number of nitrogens with one attached hydrogen (secondary N) is 1. The monoisotopic (exact) mass is 348 g/mol. The van der Waals surface area contributed by atoms with Crippen LogP contribution in [0, 0.1) is 0 Å². The van der Waals surface area contributed by atoms with E-state index >= 15 is 0 Å². The Balaban J connectivity index is 1.67. The van der Waals surface area contributed by atoms with Gasteiger partial charge in [0.15, 0.2) is 0 Å². The molecule has 4 rings (SSSR count). The van der Waals surface area contributed by atoms with E-state index in [0.29, 0.717) is 22.9 Å². The van der Waals surface area contributed by atoms with Crippen molar-refractivity contribution < 1.29 is 9.53 Å². The van der Waals surface area contributed by atoms with Gasteiger partial charge < -0.3 is 10.1 Å². The Morgan fingerprint density at radius 3 is 2.77 bits per heavy atom. The van der Waals surface area contributed by atoms with Crippen molar-refractivity contribution in [2.45, 2.75) is 19.6 Å². The van der Waals surface area contributed by atoms with E-state index in [4.69, 9.17) is 4.74 Å². The average molecular weight is 348 g/mol. The van der Waals surface area contributed by atoms with Crippen LogP contribution in [-0.4, -0.2) is 31.2 Å². The molecule has 2 aromatic heterocycles. The molecule has 1 aliphatic heterocycles. The predicted molar refractivity (Wildman–Crippen MR) is 92.8 cm³/mol.